The summed E-state index contributed by atoms with van der Waals surface area (Å²) in [4.78, 5) is 11.8. The average molecular weight is 503 g/mol. The maximum atomic E-state index is 13.7. The topological polar surface area (TPSA) is 65.0 Å². The summed E-state index contributed by atoms with van der Waals surface area (Å²) < 4.78 is 30.6. The van der Waals surface area contributed by atoms with Crippen molar-refractivity contribution in [1.82, 2.24) is 0 Å². The molecule has 2 fully saturated rings. The summed E-state index contributed by atoms with van der Waals surface area (Å²) >= 11 is 0. The summed E-state index contributed by atoms with van der Waals surface area (Å²) in [5, 5.41) is 10.5. The van der Waals surface area contributed by atoms with Gasteiger partial charge in [-0.15, -0.1) is 0 Å². The van der Waals surface area contributed by atoms with Crippen molar-refractivity contribution >= 4 is 5.97 Å². The second-order valence-electron chi connectivity index (χ2n) is 11.2. The van der Waals surface area contributed by atoms with Crippen LogP contribution in [0.15, 0.2) is 48.6 Å². The van der Waals surface area contributed by atoms with Crippen LogP contribution in [0.5, 0.6) is 0 Å². The maximum absolute atomic E-state index is 13.7. The Kier molecular flexibility index (Phi) is 10.3. The van der Waals surface area contributed by atoms with Crippen molar-refractivity contribution in [2.24, 2.45) is 11.8 Å². The summed E-state index contributed by atoms with van der Waals surface area (Å²) in [5.41, 5.74) is 0.383. The van der Waals surface area contributed by atoms with Crippen LogP contribution in [0, 0.1) is 17.7 Å². The Balaban J connectivity index is 1.66. The Morgan fingerprint density at radius 3 is 2.69 bits per heavy atom. The van der Waals surface area contributed by atoms with Crippen LogP contribution in [-0.2, 0) is 24.4 Å². The lowest BCUT2D eigenvalue weighted by atomic mass is 9.69. The van der Waals surface area contributed by atoms with Crippen molar-refractivity contribution in [3.05, 3.63) is 60.0 Å². The number of ether oxygens (including phenoxy) is 3. The Morgan fingerprint density at radius 1 is 1.25 bits per heavy atom. The third kappa shape index (κ3) is 7.74. The number of benzene rings is 1. The smallest absolute Gasteiger partial charge is 0.332 e. The minimum absolute atomic E-state index is 0.0796. The van der Waals surface area contributed by atoms with Crippen molar-refractivity contribution in [3.8, 4) is 0 Å². The highest BCUT2D eigenvalue weighted by molar-refractivity contribution is 5.71. The fourth-order valence-electron chi connectivity index (χ4n) is 5.55. The zero-order valence-corrected chi connectivity index (χ0v) is 22.3. The van der Waals surface area contributed by atoms with Crippen LogP contribution in [0.25, 0.3) is 0 Å². The van der Waals surface area contributed by atoms with Gasteiger partial charge in [-0.1, -0.05) is 62.6 Å². The van der Waals surface area contributed by atoms with Gasteiger partial charge in [-0.2, -0.15) is 0 Å². The van der Waals surface area contributed by atoms with Crippen LogP contribution in [0.2, 0.25) is 0 Å². The van der Waals surface area contributed by atoms with Gasteiger partial charge in [-0.25, -0.2) is 9.18 Å². The summed E-state index contributed by atoms with van der Waals surface area (Å²) in [6.45, 7) is 8.50. The van der Waals surface area contributed by atoms with E-state index in [4.69, 9.17) is 14.2 Å². The Morgan fingerprint density at radius 2 is 2.00 bits per heavy atom. The highest BCUT2D eigenvalue weighted by atomic mass is 19.1. The molecule has 1 saturated heterocycles. The number of aliphatic hydroxyl groups is 1. The first-order valence-corrected chi connectivity index (χ1v) is 13.3. The number of carbonyl (C=O) groups excluding carboxylic acids is 1. The van der Waals surface area contributed by atoms with E-state index in [1.54, 1.807) is 0 Å². The number of halogens is 1. The van der Waals surface area contributed by atoms with E-state index in [9.17, 15) is 14.3 Å². The van der Waals surface area contributed by atoms with Gasteiger partial charge in [0.1, 0.15) is 18.0 Å². The molecule has 1 aliphatic heterocycles. The molecule has 1 heterocycles. The van der Waals surface area contributed by atoms with Crippen LogP contribution in [0.3, 0.4) is 0 Å². The second kappa shape index (κ2) is 13.0. The van der Waals surface area contributed by atoms with Crippen molar-refractivity contribution in [2.45, 2.75) is 89.4 Å². The van der Waals surface area contributed by atoms with Crippen LogP contribution in [-0.4, -0.2) is 48.7 Å². The zero-order chi connectivity index (χ0) is 26.2. The van der Waals surface area contributed by atoms with Gasteiger partial charge in [0, 0.05) is 11.3 Å². The number of hydrogen-bond acceptors (Lipinski definition) is 5. The first kappa shape index (κ1) is 28.5. The summed E-state index contributed by atoms with van der Waals surface area (Å²) in [5.74, 6) is -0.201. The first-order valence-electron chi connectivity index (χ1n) is 13.3. The fourth-order valence-corrected chi connectivity index (χ4v) is 5.55. The Labute approximate surface area is 215 Å². The number of fused-ring (bicyclic) bond motifs is 2. The van der Waals surface area contributed by atoms with E-state index < -0.39 is 11.7 Å². The number of hydrogen-bond donors (Lipinski definition) is 1. The quantitative estimate of drug-likeness (QED) is 0.207. The van der Waals surface area contributed by atoms with Gasteiger partial charge in [-0.05, 0) is 63.6 Å². The molecule has 2 bridgehead atoms. The van der Waals surface area contributed by atoms with Crippen molar-refractivity contribution < 1.29 is 28.5 Å². The van der Waals surface area contributed by atoms with Gasteiger partial charge in [0.15, 0.2) is 0 Å². The monoisotopic (exact) mass is 502 g/mol. The highest BCUT2D eigenvalue weighted by Crippen LogP contribution is 2.57. The lowest BCUT2D eigenvalue weighted by Gasteiger charge is -2.38. The minimum atomic E-state index is -0.527. The van der Waals surface area contributed by atoms with Gasteiger partial charge in [0.05, 0.1) is 25.4 Å². The summed E-state index contributed by atoms with van der Waals surface area (Å²) in [6, 6.07) is 6.81. The number of unbranched alkanes of at least 4 members (excludes halogenated alkanes) is 2. The van der Waals surface area contributed by atoms with E-state index >= 15 is 0 Å². The average Bonchev–Trinajstić information content (AvgIpc) is 3.37. The first-order chi connectivity index (χ1) is 17.1. The molecule has 1 saturated carbocycles. The van der Waals surface area contributed by atoms with Crippen LogP contribution in [0.4, 0.5) is 4.39 Å². The molecular weight excluding hydrogens is 459 g/mol. The molecule has 0 aromatic heterocycles. The number of rotatable bonds is 13. The van der Waals surface area contributed by atoms with Gasteiger partial charge in [0.2, 0.25) is 0 Å². The predicted octanol–water partition coefficient (Wildman–Crippen LogP) is 5.90. The third-order valence-electron chi connectivity index (χ3n) is 7.21. The SMILES string of the molecule is CCCCC[C@H](O)/C=C/[C@@H]1[C@@H]2C[C@@](c3ccc(F)cc3)(CO2)[C@H]1C/C=C\COCC(=O)OC(C)(C)C. The van der Waals surface area contributed by atoms with Gasteiger partial charge >= 0.3 is 5.97 Å². The van der Waals surface area contributed by atoms with Crippen molar-refractivity contribution in [2.75, 3.05) is 19.8 Å². The third-order valence-corrected chi connectivity index (χ3v) is 7.21. The molecule has 1 N–H and O–H groups in total. The van der Waals surface area contributed by atoms with E-state index in [-0.39, 0.29) is 41.7 Å². The van der Waals surface area contributed by atoms with E-state index in [1.165, 1.54) is 12.1 Å². The number of allylic oxidation sites excluding steroid dienone is 1. The highest BCUT2D eigenvalue weighted by Gasteiger charge is 2.58. The molecule has 1 aromatic rings. The predicted molar refractivity (Wildman–Crippen MR) is 139 cm³/mol. The van der Waals surface area contributed by atoms with Crippen molar-refractivity contribution in [3.63, 3.8) is 0 Å². The second-order valence-corrected chi connectivity index (χ2v) is 11.2. The zero-order valence-electron chi connectivity index (χ0n) is 22.3. The molecule has 0 spiro atoms. The van der Waals surface area contributed by atoms with Gasteiger partial charge < -0.3 is 19.3 Å². The molecule has 0 amide bonds. The Hall–Kier alpha value is -2.02. The molecule has 0 unspecified atom stereocenters. The van der Waals surface area contributed by atoms with E-state index in [0.717, 1.165) is 44.1 Å². The molecule has 200 valence electrons. The molecule has 5 nitrogen and oxygen atoms in total. The number of esters is 1. The Bertz CT molecular complexity index is 888. The summed E-state index contributed by atoms with van der Waals surface area (Å²) in [6.07, 6.45) is 13.5. The maximum Gasteiger partial charge on any atom is 0.332 e. The van der Waals surface area contributed by atoms with E-state index in [2.05, 4.69) is 19.1 Å². The largest absolute Gasteiger partial charge is 0.458 e. The molecule has 3 rings (SSSR count). The van der Waals surface area contributed by atoms with Gasteiger partial charge in [-0.3, -0.25) is 0 Å². The standard InChI is InChI=1S/C30H43FO5/c1-5-6-7-10-24(32)16-17-25-26(11-8-9-18-34-20-28(33)36-29(2,3)4)30(19-27(25)35-21-30)22-12-14-23(31)15-13-22/h8-9,12-17,24-27,32H,5-7,10-11,18-21H2,1-4H3/b9-8-,17-16+/t24-,25-,26-,27-,30-/m0/s1. The van der Waals surface area contributed by atoms with E-state index in [1.807, 2.05) is 45.1 Å². The molecule has 5 atom stereocenters. The molecular formula is C30H43FO5. The van der Waals surface area contributed by atoms with Crippen LogP contribution < -0.4 is 0 Å². The number of carbonyl (C=O) groups is 1. The molecule has 1 aliphatic carbocycles. The van der Waals surface area contributed by atoms with Crippen molar-refractivity contribution in [1.29, 1.82) is 0 Å². The number of aliphatic hydroxyl groups excluding tert-OH is 1. The molecule has 1 aromatic carbocycles. The lowest BCUT2D eigenvalue weighted by Crippen LogP contribution is -2.39. The van der Waals surface area contributed by atoms with E-state index in [0.29, 0.717) is 13.2 Å². The molecule has 2 aliphatic rings. The molecule has 36 heavy (non-hydrogen) atoms. The molecule has 6 heteroatoms. The minimum Gasteiger partial charge on any atom is -0.458 e. The summed E-state index contributed by atoms with van der Waals surface area (Å²) in [7, 11) is 0. The van der Waals surface area contributed by atoms with Gasteiger partial charge in [0.25, 0.3) is 0 Å². The van der Waals surface area contributed by atoms with Crippen LogP contribution >= 0.6 is 0 Å². The van der Waals surface area contributed by atoms with Crippen LogP contribution in [0.1, 0.15) is 71.8 Å². The molecule has 0 radical (unpaired) electrons. The lowest BCUT2D eigenvalue weighted by molar-refractivity contribution is -0.159. The fraction of sp³-hybridized carbons (Fsp3) is 0.633. The normalized spacial score (nSPS) is 26.8.